The van der Waals surface area contributed by atoms with Crippen molar-refractivity contribution in [2.45, 2.75) is 53.1 Å². The Morgan fingerprint density at radius 2 is 1.76 bits per heavy atom. The summed E-state index contributed by atoms with van der Waals surface area (Å²) in [6.45, 7) is 11.2. The van der Waals surface area contributed by atoms with Gasteiger partial charge >= 0.3 is 5.97 Å². The molecule has 198 valence electrons. The van der Waals surface area contributed by atoms with Gasteiger partial charge in [0.05, 0.1) is 5.02 Å². The van der Waals surface area contributed by atoms with E-state index in [1.54, 1.807) is 12.1 Å². The predicted molar refractivity (Wildman–Crippen MR) is 151 cm³/mol. The Balaban J connectivity index is 1.54. The molecule has 1 amide bonds. The summed E-state index contributed by atoms with van der Waals surface area (Å²) >= 11 is 6.19. The number of halogens is 1. The summed E-state index contributed by atoms with van der Waals surface area (Å²) in [5, 5.41) is 13.4. The van der Waals surface area contributed by atoms with Crippen molar-refractivity contribution in [2.24, 2.45) is 0 Å². The highest BCUT2D eigenvalue weighted by molar-refractivity contribution is 6.32. The first-order valence-corrected chi connectivity index (χ1v) is 12.9. The third kappa shape index (κ3) is 6.03. The molecular formula is C31H33ClN2O4. The zero-order valence-electron chi connectivity index (χ0n) is 22.4. The summed E-state index contributed by atoms with van der Waals surface area (Å²) in [6.07, 6.45) is 0. The quantitative estimate of drug-likeness (QED) is 0.266. The van der Waals surface area contributed by atoms with Gasteiger partial charge < -0.3 is 19.7 Å². The number of amides is 1. The third-order valence-corrected chi connectivity index (χ3v) is 7.15. The van der Waals surface area contributed by atoms with Gasteiger partial charge in [-0.15, -0.1) is 0 Å². The van der Waals surface area contributed by atoms with Crippen molar-refractivity contribution in [1.29, 1.82) is 0 Å². The minimum Gasteiger partial charge on any atom is -0.480 e. The molecule has 0 aliphatic rings. The van der Waals surface area contributed by atoms with E-state index in [4.69, 9.17) is 21.4 Å². The highest BCUT2D eigenvalue weighted by Gasteiger charge is 2.16. The Hall–Kier alpha value is -3.77. The molecule has 0 saturated carbocycles. The molecule has 0 radical (unpaired) electrons. The minimum atomic E-state index is -1.06. The monoisotopic (exact) mass is 532 g/mol. The van der Waals surface area contributed by atoms with Gasteiger partial charge in [0.15, 0.2) is 6.61 Å². The number of aryl methyl sites for hydroxylation is 1. The van der Waals surface area contributed by atoms with Crippen molar-refractivity contribution < 1.29 is 19.4 Å². The number of aliphatic carboxylic acids is 1. The fourth-order valence-electron chi connectivity index (χ4n) is 4.51. The number of rotatable bonds is 8. The van der Waals surface area contributed by atoms with E-state index in [2.05, 4.69) is 56.6 Å². The van der Waals surface area contributed by atoms with Crippen molar-refractivity contribution in [2.75, 3.05) is 6.61 Å². The van der Waals surface area contributed by atoms with Crippen molar-refractivity contribution in [3.63, 3.8) is 0 Å². The molecule has 6 nitrogen and oxygen atoms in total. The molecule has 0 aliphatic carbocycles. The topological polar surface area (TPSA) is 80.6 Å². The highest BCUT2D eigenvalue weighted by Crippen LogP contribution is 2.30. The van der Waals surface area contributed by atoms with Gasteiger partial charge in [-0.05, 0) is 71.8 Å². The number of benzene rings is 3. The lowest BCUT2D eigenvalue weighted by molar-refractivity contribution is -0.139. The Bertz CT molecular complexity index is 1510. The van der Waals surface area contributed by atoms with Crippen LogP contribution in [0.25, 0.3) is 10.9 Å². The highest BCUT2D eigenvalue weighted by atomic mass is 35.5. The zero-order valence-corrected chi connectivity index (χ0v) is 23.1. The van der Waals surface area contributed by atoms with Crippen LogP contribution in [-0.2, 0) is 23.3 Å². The SMILES string of the molecule is Cc1c(C)n(Cc2ccc(Cl)c(OCC(=O)O)c2)c2ccc(C(=O)NCc3cccc(C(C)(C)C)c3)cc12. The maximum Gasteiger partial charge on any atom is 0.341 e. The fraction of sp³-hybridized carbons (Fsp3) is 0.290. The van der Waals surface area contributed by atoms with Gasteiger partial charge in [0.1, 0.15) is 5.75 Å². The first kappa shape index (κ1) is 27.3. The Kier molecular flexibility index (Phi) is 7.83. The van der Waals surface area contributed by atoms with Crippen LogP contribution < -0.4 is 10.1 Å². The fourth-order valence-corrected chi connectivity index (χ4v) is 4.68. The first-order valence-electron chi connectivity index (χ1n) is 12.5. The lowest BCUT2D eigenvalue weighted by Gasteiger charge is -2.19. The number of hydrogen-bond donors (Lipinski definition) is 2. The Labute approximate surface area is 228 Å². The van der Waals surface area contributed by atoms with Crippen molar-refractivity contribution in [1.82, 2.24) is 9.88 Å². The van der Waals surface area contributed by atoms with Crippen molar-refractivity contribution in [3.8, 4) is 5.75 Å². The summed E-state index contributed by atoms with van der Waals surface area (Å²) in [5.41, 5.74) is 7.08. The molecule has 0 atom stereocenters. The Morgan fingerprint density at radius 3 is 2.47 bits per heavy atom. The van der Waals surface area contributed by atoms with E-state index in [1.165, 1.54) is 5.56 Å². The first-order chi connectivity index (χ1) is 17.9. The smallest absolute Gasteiger partial charge is 0.341 e. The normalized spacial score (nSPS) is 11.5. The average molecular weight is 533 g/mol. The van der Waals surface area contributed by atoms with E-state index in [0.29, 0.717) is 29.4 Å². The summed E-state index contributed by atoms with van der Waals surface area (Å²) in [4.78, 5) is 23.9. The van der Waals surface area contributed by atoms with Gasteiger partial charge in [-0.2, -0.15) is 0 Å². The molecule has 4 aromatic rings. The number of aromatic nitrogens is 1. The third-order valence-electron chi connectivity index (χ3n) is 6.83. The molecule has 0 fully saturated rings. The van der Waals surface area contributed by atoms with Crippen LogP contribution in [0.3, 0.4) is 0 Å². The standard InChI is InChI=1S/C31H33ClN2O4/c1-19-20(2)34(17-22-9-11-26(32)28(14-22)38-18-29(35)36)27-12-10-23(15-25(19)27)30(37)33-16-21-7-6-8-24(13-21)31(3,4)5/h6-15H,16-18H2,1-5H3,(H,33,37)(H,35,36). The molecule has 1 aromatic heterocycles. The summed E-state index contributed by atoms with van der Waals surface area (Å²) in [7, 11) is 0. The second-order valence-corrected chi connectivity index (χ2v) is 11.0. The van der Waals surface area contributed by atoms with Crippen molar-refractivity contribution in [3.05, 3.63) is 99.2 Å². The summed E-state index contributed by atoms with van der Waals surface area (Å²) in [5.74, 6) is -0.840. The largest absolute Gasteiger partial charge is 0.480 e. The van der Waals surface area contributed by atoms with Gasteiger partial charge in [-0.1, -0.05) is 62.7 Å². The number of carboxylic acids is 1. The van der Waals surface area contributed by atoms with Crippen LogP contribution in [0, 0.1) is 13.8 Å². The van der Waals surface area contributed by atoms with Gasteiger partial charge in [-0.25, -0.2) is 4.79 Å². The van der Waals surface area contributed by atoms with E-state index in [-0.39, 0.29) is 11.3 Å². The molecule has 0 unspecified atom stereocenters. The van der Waals surface area contributed by atoms with Gasteiger partial charge in [0, 0.05) is 35.2 Å². The van der Waals surface area contributed by atoms with E-state index < -0.39 is 12.6 Å². The number of fused-ring (bicyclic) bond motifs is 1. The van der Waals surface area contributed by atoms with Gasteiger partial charge in [0.25, 0.3) is 5.91 Å². The van der Waals surface area contributed by atoms with Crippen molar-refractivity contribution >= 4 is 34.4 Å². The van der Waals surface area contributed by atoms with Crippen LogP contribution in [0.4, 0.5) is 0 Å². The van der Waals surface area contributed by atoms with E-state index >= 15 is 0 Å². The number of nitrogens with one attached hydrogen (secondary N) is 1. The van der Waals surface area contributed by atoms with E-state index in [1.807, 2.05) is 36.4 Å². The number of ether oxygens (including phenoxy) is 1. The molecule has 0 spiro atoms. The van der Waals surface area contributed by atoms with Crippen LogP contribution in [-0.4, -0.2) is 28.2 Å². The zero-order chi connectivity index (χ0) is 27.6. The number of carbonyl (C=O) groups is 2. The lowest BCUT2D eigenvalue weighted by Crippen LogP contribution is -2.23. The number of carbonyl (C=O) groups excluding carboxylic acids is 1. The molecule has 0 aliphatic heterocycles. The summed E-state index contributed by atoms with van der Waals surface area (Å²) in [6, 6.07) is 19.5. The molecule has 4 rings (SSSR count). The van der Waals surface area contributed by atoms with E-state index in [0.717, 1.165) is 33.3 Å². The molecule has 0 bridgehead atoms. The molecular weight excluding hydrogens is 500 g/mol. The number of hydrogen-bond acceptors (Lipinski definition) is 3. The van der Waals surface area contributed by atoms with Crippen LogP contribution in [0.5, 0.6) is 5.75 Å². The maximum absolute atomic E-state index is 13.0. The molecule has 3 aromatic carbocycles. The number of carboxylic acid groups (broad SMARTS) is 1. The molecule has 1 heterocycles. The second-order valence-electron chi connectivity index (χ2n) is 10.6. The van der Waals surface area contributed by atoms with Crippen LogP contribution in [0.1, 0.15) is 59.1 Å². The molecule has 38 heavy (non-hydrogen) atoms. The van der Waals surface area contributed by atoms with Crippen LogP contribution >= 0.6 is 11.6 Å². The van der Waals surface area contributed by atoms with Crippen LogP contribution in [0.15, 0.2) is 60.7 Å². The molecule has 0 saturated heterocycles. The van der Waals surface area contributed by atoms with Crippen LogP contribution in [0.2, 0.25) is 5.02 Å². The second kappa shape index (κ2) is 10.9. The minimum absolute atomic E-state index is 0.0483. The predicted octanol–water partition coefficient (Wildman–Crippen LogP) is 6.65. The average Bonchev–Trinajstić information content (AvgIpc) is 3.11. The van der Waals surface area contributed by atoms with E-state index in [9.17, 15) is 9.59 Å². The Morgan fingerprint density at radius 1 is 1.00 bits per heavy atom. The lowest BCUT2D eigenvalue weighted by atomic mass is 9.86. The summed E-state index contributed by atoms with van der Waals surface area (Å²) < 4.78 is 7.51. The molecule has 2 N–H and O–H groups in total. The maximum atomic E-state index is 13.0. The number of nitrogens with zero attached hydrogens (tertiary/aromatic N) is 1. The van der Waals surface area contributed by atoms with Gasteiger partial charge in [0.2, 0.25) is 0 Å². The molecule has 7 heteroatoms. The van der Waals surface area contributed by atoms with Gasteiger partial charge in [-0.3, -0.25) is 4.79 Å².